The first-order valence-corrected chi connectivity index (χ1v) is 4.74. The van der Waals surface area contributed by atoms with Crippen LogP contribution in [0, 0.1) is 0 Å². The number of hydrogen-bond acceptors (Lipinski definition) is 2. The average molecular weight is 204 g/mol. The number of H-pyrrole nitrogens is 1. The van der Waals surface area contributed by atoms with E-state index in [2.05, 4.69) is 15.5 Å². The number of aromatic nitrogens is 3. The summed E-state index contributed by atoms with van der Waals surface area (Å²) >= 11 is 0. The second kappa shape index (κ2) is 4.45. The zero-order valence-corrected chi connectivity index (χ0v) is 8.18. The minimum absolute atomic E-state index is 0.00917. The Labute approximate surface area is 87.1 Å². The molecule has 2 heterocycles. The van der Waals surface area contributed by atoms with Crippen LogP contribution < -0.4 is 5.32 Å². The van der Waals surface area contributed by atoms with Crippen molar-refractivity contribution in [3.63, 3.8) is 0 Å². The first-order valence-electron chi connectivity index (χ1n) is 4.74. The van der Waals surface area contributed by atoms with Crippen LogP contribution in [-0.4, -0.2) is 20.7 Å². The van der Waals surface area contributed by atoms with E-state index in [-0.39, 0.29) is 5.91 Å². The van der Waals surface area contributed by atoms with Gasteiger partial charge in [-0.25, -0.2) is 0 Å². The molecule has 5 nitrogen and oxygen atoms in total. The molecule has 0 unspecified atom stereocenters. The highest BCUT2D eigenvalue weighted by Gasteiger charge is 2.02. The Hall–Kier alpha value is -2.04. The Bertz CT molecular complexity index is 405. The molecule has 0 fully saturated rings. The summed E-state index contributed by atoms with van der Waals surface area (Å²) in [5.41, 5.74) is 0.701. The molecule has 0 aliphatic rings. The third-order valence-electron chi connectivity index (χ3n) is 2.05. The summed E-state index contributed by atoms with van der Waals surface area (Å²) < 4.78 is 1.97. The summed E-state index contributed by atoms with van der Waals surface area (Å²) in [6.45, 7) is 0.691. The van der Waals surface area contributed by atoms with Gasteiger partial charge in [0.2, 0.25) is 5.91 Å². The standard InChI is InChI=1S/C10H12N4O/c15-10(13-9-7-11-12-8-9)3-6-14-4-1-2-5-14/h1-2,4-5,7-8H,3,6H2,(H,11,12)(H,13,15). The minimum Gasteiger partial charge on any atom is -0.354 e. The summed E-state index contributed by atoms with van der Waals surface area (Å²) in [5, 5.41) is 9.11. The highest BCUT2D eigenvalue weighted by atomic mass is 16.1. The van der Waals surface area contributed by atoms with Crippen molar-refractivity contribution in [3.05, 3.63) is 36.9 Å². The predicted octanol–water partition coefficient (Wildman–Crippen LogP) is 1.24. The molecule has 5 heteroatoms. The van der Waals surface area contributed by atoms with Crippen molar-refractivity contribution in [1.82, 2.24) is 14.8 Å². The highest BCUT2D eigenvalue weighted by Crippen LogP contribution is 2.02. The van der Waals surface area contributed by atoms with E-state index in [1.807, 2.05) is 29.1 Å². The van der Waals surface area contributed by atoms with Crippen LogP contribution in [0.2, 0.25) is 0 Å². The molecule has 15 heavy (non-hydrogen) atoms. The topological polar surface area (TPSA) is 62.7 Å². The lowest BCUT2D eigenvalue weighted by Gasteiger charge is -2.03. The molecule has 0 aliphatic carbocycles. The van der Waals surface area contributed by atoms with Crippen molar-refractivity contribution in [2.24, 2.45) is 0 Å². The van der Waals surface area contributed by atoms with Gasteiger partial charge < -0.3 is 9.88 Å². The molecule has 0 bridgehead atoms. The predicted molar refractivity (Wildman–Crippen MR) is 56.3 cm³/mol. The maximum absolute atomic E-state index is 11.4. The zero-order chi connectivity index (χ0) is 10.5. The van der Waals surface area contributed by atoms with E-state index >= 15 is 0 Å². The van der Waals surface area contributed by atoms with Crippen molar-refractivity contribution >= 4 is 11.6 Å². The highest BCUT2D eigenvalue weighted by molar-refractivity contribution is 5.90. The summed E-state index contributed by atoms with van der Waals surface area (Å²) in [7, 11) is 0. The molecule has 0 saturated heterocycles. The van der Waals surface area contributed by atoms with Gasteiger partial charge in [0, 0.05) is 31.6 Å². The number of anilines is 1. The Morgan fingerprint density at radius 1 is 1.47 bits per heavy atom. The van der Waals surface area contributed by atoms with Gasteiger partial charge in [0.15, 0.2) is 0 Å². The summed E-state index contributed by atoms with van der Waals surface area (Å²) in [6.07, 6.45) is 7.55. The molecule has 2 aromatic heterocycles. The van der Waals surface area contributed by atoms with Gasteiger partial charge in [-0.3, -0.25) is 9.89 Å². The van der Waals surface area contributed by atoms with Crippen molar-refractivity contribution in [2.75, 3.05) is 5.32 Å². The summed E-state index contributed by atoms with van der Waals surface area (Å²) in [4.78, 5) is 11.4. The Balaban J connectivity index is 1.78. The van der Waals surface area contributed by atoms with Gasteiger partial charge in [0.25, 0.3) is 0 Å². The van der Waals surface area contributed by atoms with E-state index in [4.69, 9.17) is 0 Å². The van der Waals surface area contributed by atoms with Gasteiger partial charge in [-0.05, 0) is 12.1 Å². The number of amides is 1. The van der Waals surface area contributed by atoms with E-state index < -0.39 is 0 Å². The maximum atomic E-state index is 11.4. The van der Waals surface area contributed by atoms with Crippen molar-refractivity contribution in [3.8, 4) is 0 Å². The number of nitrogens with one attached hydrogen (secondary N) is 2. The molecular weight excluding hydrogens is 192 g/mol. The number of aromatic amines is 1. The average Bonchev–Trinajstić information content (AvgIpc) is 2.86. The molecular formula is C10H12N4O. The fourth-order valence-electron chi connectivity index (χ4n) is 1.29. The molecule has 1 amide bonds. The van der Waals surface area contributed by atoms with Crippen LogP contribution in [0.5, 0.6) is 0 Å². The molecule has 0 saturated carbocycles. The van der Waals surface area contributed by atoms with E-state index in [9.17, 15) is 4.79 Å². The van der Waals surface area contributed by atoms with E-state index in [1.54, 1.807) is 12.4 Å². The maximum Gasteiger partial charge on any atom is 0.226 e. The molecule has 2 rings (SSSR count). The smallest absolute Gasteiger partial charge is 0.226 e. The number of carbonyl (C=O) groups excluding carboxylic acids is 1. The van der Waals surface area contributed by atoms with Crippen LogP contribution in [0.15, 0.2) is 36.9 Å². The molecule has 2 aromatic rings. The third-order valence-corrected chi connectivity index (χ3v) is 2.05. The van der Waals surface area contributed by atoms with E-state index in [0.29, 0.717) is 18.7 Å². The normalized spacial score (nSPS) is 10.1. The molecule has 0 aliphatic heterocycles. The van der Waals surface area contributed by atoms with Crippen molar-refractivity contribution < 1.29 is 4.79 Å². The second-order valence-corrected chi connectivity index (χ2v) is 3.21. The number of hydrogen-bond donors (Lipinski definition) is 2. The molecule has 78 valence electrons. The number of carbonyl (C=O) groups is 1. The number of nitrogens with zero attached hydrogens (tertiary/aromatic N) is 2. The fourth-order valence-corrected chi connectivity index (χ4v) is 1.29. The van der Waals surface area contributed by atoms with Crippen LogP contribution in [0.25, 0.3) is 0 Å². The summed E-state index contributed by atoms with van der Waals surface area (Å²) in [5.74, 6) is -0.00917. The Morgan fingerprint density at radius 3 is 2.93 bits per heavy atom. The second-order valence-electron chi connectivity index (χ2n) is 3.21. The first-order chi connectivity index (χ1) is 7.34. The van der Waals surface area contributed by atoms with Gasteiger partial charge >= 0.3 is 0 Å². The van der Waals surface area contributed by atoms with Gasteiger partial charge in [0.05, 0.1) is 11.9 Å². The number of aryl methyl sites for hydroxylation is 1. The molecule has 0 atom stereocenters. The minimum atomic E-state index is -0.00917. The quantitative estimate of drug-likeness (QED) is 0.787. The largest absolute Gasteiger partial charge is 0.354 e. The molecule has 2 N–H and O–H groups in total. The van der Waals surface area contributed by atoms with E-state index in [1.165, 1.54) is 0 Å². The molecule has 0 aromatic carbocycles. The van der Waals surface area contributed by atoms with Crippen LogP contribution in [0.1, 0.15) is 6.42 Å². The van der Waals surface area contributed by atoms with Gasteiger partial charge in [-0.15, -0.1) is 0 Å². The third kappa shape index (κ3) is 2.70. The van der Waals surface area contributed by atoms with Crippen molar-refractivity contribution in [2.45, 2.75) is 13.0 Å². The first kappa shape index (κ1) is 9.51. The van der Waals surface area contributed by atoms with Gasteiger partial charge in [-0.1, -0.05) is 0 Å². The lowest BCUT2D eigenvalue weighted by molar-refractivity contribution is -0.116. The SMILES string of the molecule is O=C(CCn1cccc1)Nc1cn[nH]c1. The molecule has 0 spiro atoms. The fraction of sp³-hybridized carbons (Fsp3) is 0.200. The Morgan fingerprint density at radius 2 is 2.27 bits per heavy atom. The lowest BCUT2D eigenvalue weighted by atomic mass is 10.4. The van der Waals surface area contributed by atoms with Gasteiger partial charge in [0.1, 0.15) is 0 Å². The molecule has 0 radical (unpaired) electrons. The van der Waals surface area contributed by atoms with Crippen LogP contribution in [-0.2, 0) is 11.3 Å². The van der Waals surface area contributed by atoms with Crippen LogP contribution >= 0.6 is 0 Å². The lowest BCUT2D eigenvalue weighted by Crippen LogP contribution is -2.13. The Kier molecular flexibility index (Phi) is 2.82. The van der Waals surface area contributed by atoms with E-state index in [0.717, 1.165) is 0 Å². The monoisotopic (exact) mass is 204 g/mol. The summed E-state index contributed by atoms with van der Waals surface area (Å²) in [6, 6.07) is 3.88. The number of rotatable bonds is 4. The van der Waals surface area contributed by atoms with Crippen molar-refractivity contribution in [1.29, 1.82) is 0 Å². The van der Waals surface area contributed by atoms with Gasteiger partial charge in [-0.2, -0.15) is 5.10 Å². The van der Waals surface area contributed by atoms with Crippen LogP contribution in [0.3, 0.4) is 0 Å². The zero-order valence-electron chi connectivity index (χ0n) is 8.18. The van der Waals surface area contributed by atoms with Crippen LogP contribution in [0.4, 0.5) is 5.69 Å².